The third-order valence-corrected chi connectivity index (χ3v) is 17.3. The maximum atomic E-state index is 15.0. The first-order valence-corrected chi connectivity index (χ1v) is 25.2. The maximum absolute atomic E-state index is 15.0. The normalized spacial score (nSPS) is 31.9. The molecule has 66 heavy (non-hydrogen) atoms. The van der Waals surface area contributed by atoms with Crippen molar-refractivity contribution in [3.05, 3.63) is 130 Å². The molecule has 3 aromatic rings. The lowest BCUT2D eigenvalue weighted by Crippen LogP contribution is -2.52. The van der Waals surface area contributed by atoms with Gasteiger partial charge in [-0.3, -0.25) is 0 Å². The van der Waals surface area contributed by atoms with Gasteiger partial charge < -0.3 is 35.6 Å². The average Bonchev–Trinajstić information content (AvgIpc) is 4.01. The molecule has 1 spiro atoms. The molecule has 2 bridgehead atoms. The summed E-state index contributed by atoms with van der Waals surface area (Å²) in [6, 6.07) is 24.6. The third kappa shape index (κ3) is 7.91. The van der Waals surface area contributed by atoms with E-state index in [9.17, 15) is 15.0 Å². The number of hydrogen-bond donors (Lipinski definition) is 5. The first-order valence-electron chi connectivity index (χ1n) is 25.2. The molecule has 3 aliphatic heterocycles. The maximum Gasteiger partial charge on any atom is 0.340 e. The lowest BCUT2D eigenvalue weighted by molar-refractivity contribution is -0.135. The summed E-state index contributed by atoms with van der Waals surface area (Å²) in [6.45, 7) is 4.14. The number of ether oxygens (including phenoxy) is 2. The molecular weight excluding hydrogens is 823 g/mol. The van der Waals surface area contributed by atoms with Crippen LogP contribution in [0.15, 0.2) is 113 Å². The van der Waals surface area contributed by atoms with Gasteiger partial charge in [0.15, 0.2) is 0 Å². The van der Waals surface area contributed by atoms with Crippen LogP contribution in [0.5, 0.6) is 5.75 Å². The largest absolute Gasteiger partial charge is 0.508 e. The number of esters is 2. The fourth-order valence-corrected chi connectivity index (χ4v) is 14.3. The zero-order chi connectivity index (χ0) is 45.6. The van der Waals surface area contributed by atoms with Crippen molar-refractivity contribution >= 4 is 17.5 Å². The van der Waals surface area contributed by atoms with Crippen LogP contribution in [0.2, 0.25) is 0 Å². The summed E-state index contributed by atoms with van der Waals surface area (Å²) < 4.78 is 13.2. The van der Waals surface area contributed by atoms with E-state index in [1.165, 1.54) is 12.0 Å². The van der Waals surface area contributed by atoms with Crippen LogP contribution in [0, 0.1) is 46.3 Å². The molecule has 9 atom stereocenters. The molecule has 9 heteroatoms. The highest BCUT2D eigenvalue weighted by Gasteiger charge is 2.68. The van der Waals surface area contributed by atoms with Gasteiger partial charge >= 0.3 is 11.9 Å². The van der Waals surface area contributed by atoms with Gasteiger partial charge in [-0.15, -0.1) is 0 Å². The number of carbonyl (C=O) groups excluding carboxylic acids is 2. The van der Waals surface area contributed by atoms with Crippen LogP contribution in [-0.4, -0.2) is 55.6 Å². The fraction of sp³-hybridized carbons (Fsp3) is 0.509. The van der Waals surface area contributed by atoms with E-state index in [0.717, 1.165) is 135 Å². The van der Waals surface area contributed by atoms with Crippen molar-refractivity contribution in [1.29, 1.82) is 0 Å². The Bertz CT molecular complexity index is 2470. The van der Waals surface area contributed by atoms with E-state index in [-0.39, 0.29) is 59.5 Å². The number of phenolic OH excluding ortho intramolecular Hbond substituents is 1. The smallest absolute Gasteiger partial charge is 0.340 e. The van der Waals surface area contributed by atoms with Crippen LogP contribution in [0.25, 0.3) is 16.7 Å². The van der Waals surface area contributed by atoms with E-state index in [4.69, 9.17) is 9.47 Å². The molecule has 5 N–H and O–H groups in total. The van der Waals surface area contributed by atoms with Gasteiger partial charge in [-0.2, -0.15) is 0 Å². The second-order valence-electron chi connectivity index (χ2n) is 20.7. The van der Waals surface area contributed by atoms with Crippen LogP contribution in [-0.2, 0) is 32.0 Å². The number of cyclic esters (lactones) is 2. The summed E-state index contributed by atoms with van der Waals surface area (Å²) in [5.41, 5.74) is 7.94. The topological polar surface area (TPSA) is 129 Å². The number of phenols is 1. The number of benzene rings is 3. The first kappa shape index (κ1) is 45.0. The predicted octanol–water partition coefficient (Wildman–Crippen LogP) is 9.91. The van der Waals surface area contributed by atoms with Gasteiger partial charge in [-0.05, 0) is 209 Å². The van der Waals surface area contributed by atoms with Crippen molar-refractivity contribution in [2.24, 2.45) is 46.3 Å². The minimum atomic E-state index is -0.855. The number of carbonyl (C=O) groups is 2. The number of aliphatic hydroxyl groups is 1. The Labute approximate surface area is 391 Å². The van der Waals surface area contributed by atoms with Crippen molar-refractivity contribution in [2.75, 3.05) is 27.2 Å². The molecule has 0 amide bonds. The number of nitrogens with one attached hydrogen (secondary N) is 3. The lowest BCUT2D eigenvalue weighted by atomic mass is 9.44. The van der Waals surface area contributed by atoms with Crippen LogP contribution in [0.4, 0.5) is 0 Å². The molecule has 2 saturated carbocycles. The third-order valence-electron chi connectivity index (χ3n) is 17.3. The van der Waals surface area contributed by atoms with Gasteiger partial charge in [0.05, 0.1) is 17.2 Å². The number of piperidine rings is 1. The average molecular weight is 892 g/mol. The molecule has 4 fully saturated rings. The van der Waals surface area contributed by atoms with Gasteiger partial charge in [0.1, 0.15) is 17.3 Å². The summed E-state index contributed by atoms with van der Waals surface area (Å²) in [5.74, 6) is 2.02. The molecule has 5 aliphatic carbocycles. The molecule has 2 saturated heterocycles. The second kappa shape index (κ2) is 18.7. The van der Waals surface area contributed by atoms with Gasteiger partial charge in [-0.1, -0.05) is 61.5 Å². The monoisotopic (exact) mass is 892 g/mol. The van der Waals surface area contributed by atoms with Crippen LogP contribution < -0.4 is 16.0 Å². The Morgan fingerprint density at radius 3 is 2.56 bits per heavy atom. The SMILES string of the molecule is CCC(C=C1OC(=O)C2=C(c3cc(O)ccc3-c3cccc(CNC)c3)C3CCC12C1C2=C(CCC31)C(=CCC1(C3CCNC(NC)C3)CCC(CCCO)C1)OC2=O)Cc1ccccc1. The molecular formula is C57H69N3O6. The Kier molecular flexibility index (Phi) is 12.8. The van der Waals surface area contributed by atoms with Crippen molar-refractivity contribution < 1.29 is 29.3 Å². The van der Waals surface area contributed by atoms with Crippen LogP contribution in [0.1, 0.15) is 107 Å². The minimum Gasteiger partial charge on any atom is -0.508 e. The highest BCUT2D eigenvalue weighted by molar-refractivity contribution is 6.07. The van der Waals surface area contributed by atoms with Gasteiger partial charge in [0, 0.05) is 30.2 Å². The van der Waals surface area contributed by atoms with Gasteiger partial charge in [0.25, 0.3) is 0 Å². The summed E-state index contributed by atoms with van der Waals surface area (Å²) in [6.07, 6.45) is 18.0. The van der Waals surface area contributed by atoms with Gasteiger partial charge in [0.2, 0.25) is 0 Å². The molecule has 9 unspecified atom stereocenters. The van der Waals surface area contributed by atoms with E-state index in [1.807, 2.05) is 32.3 Å². The molecule has 0 aromatic heterocycles. The number of allylic oxidation sites excluding steroid dienone is 5. The zero-order valence-corrected chi connectivity index (χ0v) is 39.2. The van der Waals surface area contributed by atoms with Crippen molar-refractivity contribution in [1.82, 2.24) is 16.0 Å². The highest BCUT2D eigenvalue weighted by atomic mass is 16.5. The number of aromatic hydroxyl groups is 1. The highest BCUT2D eigenvalue weighted by Crippen LogP contribution is 2.72. The summed E-state index contributed by atoms with van der Waals surface area (Å²) >= 11 is 0. The molecule has 3 heterocycles. The summed E-state index contributed by atoms with van der Waals surface area (Å²) in [4.78, 5) is 29.8. The van der Waals surface area contributed by atoms with E-state index >= 15 is 4.79 Å². The summed E-state index contributed by atoms with van der Waals surface area (Å²) in [5, 5.41) is 31.4. The molecule has 9 nitrogen and oxygen atoms in total. The van der Waals surface area contributed by atoms with Crippen molar-refractivity contribution in [2.45, 2.75) is 110 Å². The van der Waals surface area contributed by atoms with Crippen molar-refractivity contribution in [3.63, 3.8) is 0 Å². The molecule has 0 radical (unpaired) electrons. The molecule has 3 aromatic carbocycles. The van der Waals surface area contributed by atoms with Crippen LogP contribution in [0.3, 0.4) is 0 Å². The van der Waals surface area contributed by atoms with E-state index in [1.54, 1.807) is 6.07 Å². The predicted molar refractivity (Wildman–Crippen MR) is 258 cm³/mol. The zero-order valence-electron chi connectivity index (χ0n) is 39.2. The van der Waals surface area contributed by atoms with Crippen molar-refractivity contribution in [3.8, 4) is 16.9 Å². The Morgan fingerprint density at radius 2 is 1.76 bits per heavy atom. The van der Waals surface area contributed by atoms with E-state index in [2.05, 4.69) is 83.6 Å². The minimum absolute atomic E-state index is 0.0152. The number of aliphatic hydroxyl groups excluding tert-OH is 1. The molecule has 348 valence electrons. The number of rotatable bonds is 15. The number of hydrogen-bond acceptors (Lipinski definition) is 9. The first-order chi connectivity index (χ1) is 32.2. The van der Waals surface area contributed by atoms with E-state index in [0.29, 0.717) is 29.6 Å². The summed E-state index contributed by atoms with van der Waals surface area (Å²) in [7, 11) is 3.99. The van der Waals surface area contributed by atoms with E-state index < -0.39 is 5.41 Å². The second-order valence-corrected chi connectivity index (χ2v) is 20.7. The standard InChI is InChI=1S/C57H69N3O6/c1-4-35(28-36-10-6-5-7-11-36)30-48-57-25-20-43(50(53(57)55(64)66-48)46-32-41(62)15-16-42(46)39-14-8-12-38(29-39)34-58-2)44-17-18-45-47(65-54(63)51(45)52(44)57)21-24-56(23-19-37(33-56)13-9-27-61)40-22-26-60-49(31-40)59-3/h5-8,10-12,14-16,21,29-30,32,35,37,40,43-44,49,52,58-62H,4,9,13,17-20,22-28,31,33-34H2,1-3H3. The Morgan fingerprint density at radius 1 is 0.909 bits per heavy atom. The lowest BCUT2D eigenvalue weighted by Gasteiger charge is -2.56. The Hall–Kier alpha value is -4.80. The van der Waals surface area contributed by atoms with Crippen LogP contribution >= 0.6 is 0 Å². The number of fused-ring (bicyclic) bond motifs is 1. The van der Waals surface area contributed by atoms with Gasteiger partial charge in [-0.25, -0.2) is 9.59 Å². The quantitative estimate of drug-likeness (QED) is 0.0948. The Balaban J connectivity index is 1.10. The fourth-order valence-electron chi connectivity index (χ4n) is 14.3. The molecule has 8 aliphatic rings. The molecule has 11 rings (SSSR count).